The van der Waals surface area contributed by atoms with Gasteiger partial charge in [-0.05, 0) is 36.8 Å². The SMILES string of the molecule is COCCOC(=O)[C@H](C)Oc1ccc(C(=O)NCc2ccccc2)cc1. The second-order valence-electron chi connectivity index (χ2n) is 5.61. The van der Waals surface area contributed by atoms with Gasteiger partial charge in [0.1, 0.15) is 12.4 Å². The molecule has 0 aliphatic heterocycles. The molecule has 1 N–H and O–H groups in total. The van der Waals surface area contributed by atoms with E-state index in [4.69, 9.17) is 14.2 Å². The predicted molar refractivity (Wildman–Crippen MR) is 97.0 cm³/mol. The lowest BCUT2D eigenvalue weighted by atomic mass is 10.2. The summed E-state index contributed by atoms with van der Waals surface area (Å²) >= 11 is 0. The number of carbonyl (C=O) groups excluding carboxylic acids is 2. The molecule has 2 aromatic rings. The van der Waals surface area contributed by atoms with Crippen LogP contribution in [-0.2, 0) is 20.8 Å². The molecule has 0 aliphatic carbocycles. The second kappa shape index (κ2) is 10.2. The monoisotopic (exact) mass is 357 g/mol. The van der Waals surface area contributed by atoms with Crippen LogP contribution < -0.4 is 10.1 Å². The number of amides is 1. The van der Waals surface area contributed by atoms with Crippen LogP contribution >= 0.6 is 0 Å². The molecule has 2 rings (SSSR count). The zero-order valence-electron chi connectivity index (χ0n) is 14.9. The lowest BCUT2D eigenvalue weighted by Crippen LogP contribution is -2.27. The van der Waals surface area contributed by atoms with Gasteiger partial charge in [-0.2, -0.15) is 0 Å². The molecule has 6 nitrogen and oxygen atoms in total. The van der Waals surface area contributed by atoms with Crippen molar-refractivity contribution in [1.82, 2.24) is 5.32 Å². The fraction of sp³-hybridized carbons (Fsp3) is 0.300. The number of esters is 1. The Bertz CT molecular complexity index is 700. The highest BCUT2D eigenvalue weighted by Gasteiger charge is 2.16. The fourth-order valence-electron chi connectivity index (χ4n) is 2.16. The fourth-order valence-corrected chi connectivity index (χ4v) is 2.16. The Hall–Kier alpha value is -2.86. The van der Waals surface area contributed by atoms with E-state index < -0.39 is 12.1 Å². The van der Waals surface area contributed by atoms with Crippen molar-refractivity contribution in [2.45, 2.75) is 19.6 Å². The minimum Gasteiger partial charge on any atom is -0.479 e. The first-order chi connectivity index (χ1) is 12.6. The molecule has 0 aromatic heterocycles. The summed E-state index contributed by atoms with van der Waals surface area (Å²) in [6.07, 6.45) is -0.746. The minimum atomic E-state index is -0.746. The second-order valence-corrected chi connectivity index (χ2v) is 5.61. The average Bonchev–Trinajstić information content (AvgIpc) is 2.67. The number of benzene rings is 2. The van der Waals surface area contributed by atoms with Crippen LogP contribution in [0.5, 0.6) is 5.75 Å². The van der Waals surface area contributed by atoms with E-state index in [0.717, 1.165) is 5.56 Å². The summed E-state index contributed by atoms with van der Waals surface area (Å²) in [5, 5.41) is 2.86. The van der Waals surface area contributed by atoms with Gasteiger partial charge in [0.05, 0.1) is 6.61 Å². The molecule has 138 valence electrons. The van der Waals surface area contributed by atoms with Crippen LogP contribution in [0.1, 0.15) is 22.8 Å². The maximum atomic E-state index is 12.2. The van der Waals surface area contributed by atoms with Gasteiger partial charge in [0, 0.05) is 19.2 Å². The molecule has 1 atom stereocenters. The number of carbonyl (C=O) groups is 2. The van der Waals surface area contributed by atoms with E-state index >= 15 is 0 Å². The third-order valence-electron chi connectivity index (χ3n) is 3.59. The molecule has 0 radical (unpaired) electrons. The molecule has 0 saturated carbocycles. The number of nitrogens with one attached hydrogen (secondary N) is 1. The largest absolute Gasteiger partial charge is 0.479 e. The van der Waals surface area contributed by atoms with Crippen LogP contribution in [0.4, 0.5) is 0 Å². The normalized spacial score (nSPS) is 11.5. The van der Waals surface area contributed by atoms with Gasteiger partial charge in [-0.15, -0.1) is 0 Å². The van der Waals surface area contributed by atoms with Crippen molar-refractivity contribution >= 4 is 11.9 Å². The van der Waals surface area contributed by atoms with Gasteiger partial charge in [0.2, 0.25) is 0 Å². The molecule has 0 aliphatic rings. The Morgan fingerprint density at radius 1 is 1.00 bits per heavy atom. The highest BCUT2D eigenvalue weighted by molar-refractivity contribution is 5.94. The molecule has 0 heterocycles. The van der Waals surface area contributed by atoms with Crippen LogP contribution in [0.2, 0.25) is 0 Å². The number of rotatable bonds is 9. The summed E-state index contributed by atoms with van der Waals surface area (Å²) in [5.41, 5.74) is 1.55. The maximum absolute atomic E-state index is 12.2. The van der Waals surface area contributed by atoms with E-state index in [-0.39, 0.29) is 12.5 Å². The molecule has 1 amide bonds. The molecule has 0 bridgehead atoms. The zero-order chi connectivity index (χ0) is 18.8. The first-order valence-electron chi connectivity index (χ1n) is 8.34. The van der Waals surface area contributed by atoms with Gasteiger partial charge in [-0.1, -0.05) is 30.3 Å². The highest BCUT2D eigenvalue weighted by atomic mass is 16.6. The Morgan fingerprint density at radius 3 is 2.35 bits per heavy atom. The van der Waals surface area contributed by atoms with E-state index in [1.165, 1.54) is 7.11 Å². The van der Waals surface area contributed by atoms with Crippen molar-refractivity contribution < 1.29 is 23.8 Å². The number of ether oxygens (including phenoxy) is 3. The molecular weight excluding hydrogens is 334 g/mol. The average molecular weight is 357 g/mol. The topological polar surface area (TPSA) is 73.9 Å². The van der Waals surface area contributed by atoms with Gasteiger partial charge >= 0.3 is 5.97 Å². The Kier molecular flexibility index (Phi) is 7.64. The van der Waals surface area contributed by atoms with Gasteiger partial charge in [-0.3, -0.25) is 4.79 Å². The van der Waals surface area contributed by atoms with Crippen LogP contribution in [-0.4, -0.2) is 38.3 Å². The van der Waals surface area contributed by atoms with Crippen molar-refractivity contribution in [2.75, 3.05) is 20.3 Å². The molecule has 6 heteroatoms. The van der Waals surface area contributed by atoms with Crippen molar-refractivity contribution in [1.29, 1.82) is 0 Å². The van der Waals surface area contributed by atoms with E-state index in [1.807, 2.05) is 30.3 Å². The van der Waals surface area contributed by atoms with E-state index in [2.05, 4.69) is 5.32 Å². The minimum absolute atomic E-state index is 0.174. The summed E-state index contributed by atoms with van der Waals surface area (Å²) in [5.74, 6) is -0.153. The predicted octanol–water partition coefficient (Wildman–Crippen LogP) is 2.57. The maximum Gasteiger partial charge on any atom is 0.347 e. The summed E-state index contributed by atoms with van der Waals surface area (Å²) in [6.45, 7) is 2.59. The van der Waals surface area contributed by atoms with E-state index in [1.54, 1.807) is 31.2 Å². The van der Waals surface area contributed by atoms with Crippen LogP contribution in [0.15, 0.2) is 54.6 Å². The Morgan fingerprint density at radius 2 is 1.69 bits per heavy atom. The van der Waals surface area contributed by atoms with Gasteiger partial charge in [0.15, 0.2) is 6.10 Å². The molecule has 0 spiro atoms. The summed E-state index contributed by atoms with van der Waals surface area (Å²) < 4.78 is 15.3. The van der Waals surface area contributed by atoms with Gasteiger partial charge < -0.3 is 19.5 Å². The summed E-state index contributed by atoms with van der Waals surface area (Å²) in [7, 11) is 1.53. The Balaban J connectivity index is 1.83. The van der Waals surface area contributed by atoms with Gasteiger partial charge in [-0.25, -0.2) is 4.79 Å². The third kappa shape index (κ3) is 6.22. The first-order valence-corrected chi connectivity index (χ1v) is 8.34. The van der Waals surface area contributed by atoms with E-state index in [0.29, 0.717) is 24.5 Å². The van der Waals surface area contributed by atoms with Crippen molar-refractivity contribution in [2.24, 2.45) is 0 Å². The van der Waals surface area contributed by atoms with Crippen LogP contribution in [0.25, 0.3) is 0 Å². The first kappa shape index (κ1) is 19.5. The van der Waals surface area contributed by atoms with E-state index in [9.17, 15) is 9.59 Å². The molecule has 0 fully saturated rings. The lowest BCUT2D eigenvalue weighted by molar-refractivity contribution is -0.152. The Labute approximate surface area is 153 Å². The summed E-state index contributed by atoms with van der Waals surface area (Å²) in [4.78, 5) is 23.9. The molecule has 26 heavy (non-hydrogen) atoms. The molecular formula is C20H23NO5. The molecule has 0 unspecified atom stereocenters. The summed E-state index contributed by atoms with van der Waals surface area (Å²) in [6, 6.07) is 16.3. The van der Waals surface area contributed by atoms with Crippen LogP contribution in [0, 0.1) is 0 Å². The van der Waals surface area contributed by atoms with Crippen molar-refractivity contribution in [3.05, 3.63) is 65.7 Å². The van der Waals surface area contributed by atoms with Crippen molar-refractivity contribution in [3.63, 3.8) is 0 Å². The molecule has 2 aromatic carbocycles. The number of methoxy groups -OCH3 is 1. The van der Waals surface area contributed by atoms with Gasteiger partial charge in [0.25, 0.3) is 5.91 Å². The number of hydrogen-bond acceptors (Lipinski definition) is 5. The number of hydrogen-bond donors (Lipinski definition) is 1. The zero-order valence-corrected chi connectivity index (χ0v) is 14.9. The molecule has 0 saturated heterocycles. The smallest absolute Gasteiger partial charge is 0.347 e. The quantitative estimate of drug-likeness (QED) is 0.551. The highest BCUT2D eigenvalue weighted by Crippen LogP contribution is 2.14. The van der Waals surface area contributed by atoms with Crippen molar-refractivity contribution in [3.8, 4) is 5.75 Å². The third-order valence-corrected chi connectivity index (χ3v) is 3.59. The van der Waals surface area contributed by atoms with Crippen LogP contribution in [0.3, 0.4) is 0 Å². The lowest BCUT2D eigenvalue weighted by Gasteiger charge is -2.14. The standard InChI is InChI=1S/C20H23NO5/c1-15(20(23)25-13-12-24-2)26-18-10-8-17(9-11-18)19(22)21-14-16-6-4-3-5-7-16/h3-11,15H,12-14H2,1-2H3,(H,21,22)/t15-/m0/s1.